The average Bonchev–Trinajstić information content (AvgIpc) is 2.75. The van der Waals surface area contributed by atoms with Crippen LogP contribution in [0, 0.1) is 17.0 Å². The SMILES string of the molecule is Cc1ccc(C(CNC(=O)c2cc([N+](=O)[O-])ccc2N2CCCCC2)N(C)C)cc1. The fraction of sp³-hybridized carbons (Fsp3) is 0.435. The number of aryl methyl sites for hydroxylation is 1. The van der Waals surface area contributed by atoms with Gasteiger partial charge >= 0.3 is 0 Å². The van der Waals surface area contributed by atoms with Gasteiger partial charge in [-0.25, -0.2) is 0 Å². The number of non-ortho nitro benzene ring substituents is 1. The van der Waals surface area contributed by atoms with Crippen molar-refractivity contribution in [2.45, 2.75) is 32.2 Å². The smallest absolute Gasteiger partial charge is 0.270 e. The summed E-state index contributed by atoms with van der Waals surface area (Å²) in [6.07, 6.45) is 3.30. The Morgan fingerprint density at radius 3 is 2.40 bits per heavy atom. The highest BCUT2D eigenvalue weighted by molar-refractivity contribution is 6.00. The molecular formula is C23H30N4O3. The predicted molar refractivity (Wildman–Crippen MR) is 119 cm³/mol. The Kier molecular flexibility index (Phi) is 7.05. The van der Waals surface area contributed by atoms with E-state index in [0.29, 0.717) is 12.1 Å². The number of hydrogen-bond acceptors (Lipinski definition) is 5. The molecule has 1 aliphatic heterocycles. The normalized spacial score (nSPS) is 15.1. The molecule has 1 N–H and O–H groups in total. The molecule has 1 amide bonds. The van der Waals surface area contributed by atoms with Crippen LogP contribution in [0.4, 0.5) is 11.4 Å². The lowest BCUT2D eigenvalue weighted by Gasteiger charge is -2.30. The number of likely N-dealkylation sites (N-methyl/N-ethyl adjacent to an activating group) is 1. The standard InChI is InChI=1S/C23H30N4O3/c1-17-7-9-18(10-8-17)22(25(2)3)16-24-23(28)20-15-19(27(29)30)11-12-21(20)26-13-5-4-6-14-26/h7-12,15,22H,4-6,13-14,16H2,1-3H3,(H,24,28). The van der Waals surface area contributed by atoms with Crippen molar-refractivity contribution in [3.8, 4) is 0 Å². The number of anilines is 1. The Labute approximate surface area is 177 Å². The van der Waals surface area contributed by atoms with E-state index >= 15 is 0 Å². The maximum absolute atomic E-state index is 13.1. The highest BCUT2D eigenvalue weighted by Gasteiger charge is 2.23. The van der Waals surface area contributed by atoms with E-state index in [9.17, 15) is 14.9 Å². The number of carbonyl (C=O) groups is 1. The van der Waals surface area contributed by atoms with Crippen molar-refractivity contribution in [3.05, 3.63) is 69.3 Å². The van der Waals surface area contributed by atoms with E-state index in [1.807, 2.05) is 21.0 Å². The first kappa shape index (κ1) is 21.8. The lowest BCUT2D eigenvalue weighted by Crippen LogP contribution is -2.36. The zero-order valence-electron chi connectivity index (χ0n) is 17.9. The van der Waals surface area contributed by atoms with E-state index in [2.05, 4.69) is 39.4 Å². The molecule has 1 heterocycles. The van der Waals surface area contributed by atoms with Gasteiger partial charge in [0, 0.05) is 31.8 Å². The summed E-state index contributed by atoms with van der Waals surface area (Å²) in [4.78, 5) is 28.2. The van der Waals surface area contributed by atoms with Crippen LogP contribution in [-0.4, -0.2) is 49.5 Å². The van der Waals surface area contributed by atoms with Crippen molar-refractivity contribution in [1.29, 1.82) is 0 Å². The topological polar surface area (TPSA) is 78.7 Å². The van der Waals surface area contributed by atoms with Gasteiger partial charge in [-0.2, -0.15) is 0 Å². The zero-order valence-corrected chi connectivity index (χ0v) is 17.9. The molecule has 1 aliphatic rings. The number of nitrogens with zero attached hydrogens (tertiary/aromatic N) is 3. The molecule has 0 aromatic heterocycles. The number of nitrogens with one attached hydrogen (secondary N) is 1. The fourth-order valence-electron chi connectivity index (χ4n) is 3.90. The second-order valence-corrected chi connectivity index (χ2v) is 8.11. The van der Waals surface area contributed by atoms with Crippen molar-refractivity contribution in [3.63, 3.8) is 0 Å². The van der Waals surface area contributed by atoms with Crippen molar-refractivity contribution < 1.29 is 9.72 Å². The number of nitro benzene ring substituents is 1. The monoisotopic (exact) mass is 410 g/mol. The maximum atomic E-state index is 13.1. The summed E-state index contributed by atoms with van der Waals surface area (Å²) in [6.45, 7) is 4.18. The zero-order chi connectivity index (χ0) is 21.7. The second kappa shape index (κ2) is 9.71. The molecule has 2 aromatic carbocycles. The molecule has 3 rings (SSSR count). The van der Waals surface area contributed by atoms with E-state index < -0.39 is 4.92 Å². The number of amides is 1. The predicted octanol–water partition coefficient (Wildman–Crippen LogP) is 3.93. The third-order valence-corrected chi connectivity index (χ3v) is 5.67. The number of hydrogen-bond donors (Lipinski definition) is 1. The number of benzene rings is 2. The van der Waals surface area contributed by atoms with E-state index in [0.717, 1.165) is 37.2 Å². The maximum Gasteiger partial charge on any atom is 0.270 e. The van der Waals surface area contributed by atoms with Gasteiger partial charge in [0.25, 0.3) is 11.6 Å². The van der Waals surface area contributed by atoms with Gasteiger partial charge in [-0.3, -0.25) is 14.9 Å². The van der Waals surface area contributed by atoms with Gasteiger partial charge in [0.15, 0.2) is 0 Å². The number of piperidine rings is 1. The van der Waals surface area contributed by atoms with E-state index in [-0.39, 0.29) is 17.6 Å². The lowest BCUT2D eigenvalue weighted by atomic mass is 10.0. The van der Waals surface area contributed by atoms with Gasteiger partial charge in [-0.1, -0.05) is 29.8 Å². The van der Waals surface area contributed by atoms with Crippen molar-refractivity contribution >= 4 is 17.3 Å². The summed E-state index contributed by atoms with van der Waals surface area (Å²) in [7, 11) is 3.95. The first-order valence-electron chi connectivity index (χ1n) is 10.4. The molecule has 1 unspecified atom stereocenters. The summed E-state index contributed by atoms with van der Waals surface area (Å²) < 4.78 is 0. The first-order valence-corrected chi connectivity index (χ1v) is 10.4. The van der Waals surface area contributed by atoms with Crippen molar-refractivity contribution in [2.75, 3.05) is 38.6 Å². The Bertz CT molecular complexity index is 890. The van der Waals surface area contributed by atoms with Crippen LogP contribution in [0.15, 0.2) is 42.5 Å². The highest BCUT2D eigenvalue weighted by Crippen LogP contribution is 2.28. The highest BCUT2D eigenvalue weighted by atomic mass is 16.6. The average molecular weight is 411 g/mol. The molecule has 0 saturated carbocycles. The molecule has 7 heteroatoms. The van der Waals surface area contributed by atoms with Crippen LogP contribution in [0.1, 0.15) is 46.8 Å². The van der Waals surface area contributed by atoms with E-state index in [1.54, 1.807) is 6.07 Å². The molecule has 0 radical (unpaired) electrons. The lowest BCUT2D eigenvalue weighted by molar-refractivity contribution is -0.384. The summed E-state index contributed by atoms with van der Waals surface area (Å²) >= 11 is 0. The van der Waals surface area contributed by atoms with Gasteiger partial charge in [-0.15, -0.1) is 0 Å². The molecule has 0 spiro atoms. The Morgan fingerprint density at radius 2 is 1.80 bits per heavy atom. The minimum Gasteiger partial charge on any atom is -0.371 e. The minimum atomic E-state index is -0.453. The first-order chi connectivity index (χ1) is 14.4. The number of carbonyl (C=O) groups excluding carboxylic acids is 1. The Hall–Kier alpha value is -2.93. The Balaban J connectivity index is 1.82. The molecule has 2 aromatic rings. The van der Waals surface area contributed by atoms with Crippen LogP contribution in [-0.2, 0) is 0 Å². The molecule has 7 nitrogen and oxygen atoms in total. The molecular weight excluding hydrogens is 380 g/mol. The minimum absolute atomic E-state index is 0.00619. The molecule has 30 heavy (non-hydrogen) atoms. The van der Waals surface area contributed by atoms with Gasteiger partial charge in [0.2, 0.25) is 0 Å². The quantitative estimate of drug-likeness (QED) is 0.553. The van der Waals surface area contributed by atoms with Crippen LogP contribution in [0.5, 0.6) is 0 Å². The summed E-state index contributed by atoms with van der Waals surface area (Å²) in [5, 5.41) is 14.3. The fourth-order valence-corrected chi connectivity index (χ4v) is 3.90. The van der Waals surface area contributed by atoms with Crippen LogP contribution in [0.2, 0.25) is 0 Å². The molecule has 0 bridgehead atoms. The van der Waals surface area contributed by atoms with Gasteiger partial charge < -0.3 is 15.1 Å². The largest absolute Gasteiger partial charge is 0.371 e. The van der Waals surface area contributed by atoms with Crippen LogP contribution in [0.25, 0.3) is 0 Å². The van der Waals surface area contributed by atoms with Gasteiger partial charge in [0.1, 0.15) is 0 Å². The van der Waals surface area contributed by atoms with Crippen LogP contribution >= 0.6 is 0 Å². The molecule has 0 aliphatic carbocycles. The van der Waals surface area contributed by atoms with E-state index in [1.165, 1.54) is 24.1 Å². The molecule has 1 saturated heterocycles. The summed E-state index contributed by atoms with van der Waals surface area (Å²) in [5.74, 6) is -0.279. The third kappa shape index (κ3) is 5.16. The van der Waals surface area contributed by atoms with Crippen molar-refractivity contribution in [1.82, 2.24) is 10.2 Å². The molecule has 160 valence electrons. The summed E-state index contributed by atoms with van der Waals surface area (Å²) in [5.41, 5.74) is 3.37. The second-order valence-electron chi connectivity index (χ2n) is 8.11. The number of rotatable bonds is 7. The number of nitro groups is 1. The van der Waals surface area contributed by atoms with E-state index in [4.69, 9.17) is 0 Å². The molecule has 1 atom stereocenters. The van der Waals surface area contributed by atoms with Gasteiger partial charge in [0.05, 0.1) is 22.2 Å². The Morgan fingerprint density at radius 1 is 1.13 bits per heavy atom. The van der Waals surface area contributed by atoms with Crippen molar-refractivity contribution in [2.24, 2.45) is 0 Å². The third-order valence-electron chi connectivity index (χ3n) is 5.67. The molecule has 1 fully saturated rings. The van der Waals surface area contributed by atoms with Crippen LogP contribution < -0.4 is 10.2 Å². The van der Waals surface area contributed by atoms with Crippen LogP contribution in [0.3, 0.4) is 0 Å². The van der Waals surface area contributed by atoms with Gasteiger partial charge in [-0.05, 0) is 51.9 Å². The summed E-state index contributed by atoms with van der Waals surface area (Å²) in [6, 6.07) is 12.8.